The maximum Gasteiger partial charge on any atom is 0.338 e. The normalized spacial score (nSPS) is 10.3. The van der Waals surface area contributed by atoms with Gasteiger partial charge in [-0.1, -0.05) is 11.6 Å². The number of benzene rings is 1. The second-order valence-corrected chi connectivity index (χ2v) is 5.64. The summed E-state index contributed by atoms with van der Waals surface area (Å²) in [5, 5.41) is 21.6. The van der Waals surface area contributed by atoms with Crippen LogP contribution in [0.3, 0.4) is 0 Å². The summed E-state index contributed by atoms with van der Waals surface area (Å²) in [6, 6.07) is 6.16. The number of hydrogen-bond acceptors (Lipinski definition) is 4. The van der Waals surface area contributed by atoms with Crippen LogP contribution in [-0.2, 0) is 0 Å². The van der Waals surface area contributed by atoms with Crippen molar-refractivity contribution in [3.8, 4) is 5.75 Å². The molecule has 5 nitrogen and oxygen atoms in total. The van der Waals surface area contributed by atoms with Crippen LogP contribution in [-0.4, -0.2) is 22.1 Å². The number of nitrogens with one attached hydrogen (secondary N) is 1. The maximum atomic E-state index is 12.1. The van der Waals surface area contributed by atoms with Gasteiger partial charge in [0.15, 0.2) is 0 Å². The van der Waals surface area contributed by atoms with Crippen molar-refractivity contribution in [1.82, 2.24) is 0 Å². The van der Waals surface area contributed by atoms with E-state index in [4.69, 9.17) is 5.11 Å². The Morgan fingerprint density at radius 2 is 1.85 bits per heavy atom. The van der Waals surface area contributed by atoms with Crippen LogP contribution >= 0.6 is 11.3 Å². The first kappa shape index (κ1) is 14.1. The van der Waals surface area contributed by atoms with Gasteiger partial charge in [0.1, 0.15) is 10.8 Å². The molecule has 104 valence electrons. The lowest BCUT2D eigenvalue weighted by Crippen LogP contribution is -2.13. The van der Waals surface area contributed by atoms with Crippen molar-refractivity contribution in [1.29, 1.82) is 0 Å². The SMILES string of the molecule is Cc1ccc(O)c(C(=O)Nc2sc(C)cc2C(=O)O)c1. The average Bonchev–Trinajstić information content (AvgIpc) is 2.73. The number of carbonyl (C=O) groups excluding carboxylic acids is 1. The number of phenols is 1. The molecule has 20 heavy (non-hydrogen) atoms. The number of carboxylic acid groups (broad SMARTS) is 1. The van der Waals surface area contributed by atoms with Gasteiger partial charge in [-0.15, -0.1) is 11.3 Å². The first-order valence-electron chi connectivity index (χ1n) is 5.83. The fourth-order valence-corrected chi connectivity index (χ4v) is 2.67. The van der Waals surface area contributed by atoms with Crippen molar-refractivity contribution in [3.05, 3.63) is 45.8 Å². The van der Waals surface area contributed by atoms with E-state index in [2.05, 4.69) is 5.32 Å². The Morgan fingerprint density at radius 1 is 1.15 bits per heavy atom. The summed E-state index contributed by atoms with van der Waals surface area (Å²) in [5.74, 6) is -1.77. The highest BCUT2D eigenvalue weighted by Crippen LogP contribution is 2.29. The van der Waals surface area contributed by atoms with Gasteiger partial charge in [0.05, 0.1) is 11.1 Å². The van der Waals surface area contributed by atoms with Crippen LogP contribution in [0.2, 0.25) is 0 Å². The highest BCUT2D eigenvalue weighted by Gasteiger charge is 2.18. The summed E-state index contributed by atoms with van der Waals surface area (Å²) < 4.78 is 0. The Bertz CT molecular complexity index is 690. The molecule has 3 N–H and O–H groups in total. The molecule has 1 aromatic carbocycles. The van der Waals surface area contributed by atoms with Crippen LogP contribution in [0, 0.1) is 13.8 Å². The standard InChI is InChI=1S/C14H13NO4S/c1-7-3-4-11(16)9(5-7)12(17)15-13-10(14(18)19)6-8(2)20-13/h3-6,16H,1-2H3,(H,15,17)(H,18,19). The number of amides is 1. The van der Waals surface area contributed by atoms with E-state index in [1.165, 1.54) is 23.5 Å². The van der Waals surface area contributed by atoms with Crippen molar-refractivity contribution in [3.63, 3.8) is 0 Å². The Morgan fingerprint density at radius 3 is 2.50 bits per heavy atom. The minimum atomic E-state index is -1.10. The monoisotopic (exact) mass is 291 g/mol. The number of aryl methyl sites for hydroxylation is 2. The number of carboxylic acids is 1. The zero-order valence-electron chi connectivity index (χ0n) is 10.9. The van der Waals surface area contributed by atoms with Gasteiger partial charge in [0.2, 0.25) is 0 Å². The fraction of sp³-hybridized carbons (Fsp3) is 0.143. The molecule has 0 fully saturated rings. The molecule has 0 atom stereocenters. The van der Waals surface area contributed by atoms with E-state index in [-0.39, 0.29) is 21.9 Å². The zero-order chi connectivity index (χ0) is 14.9. The molecule has 0 aliphatic rings. The lowest BCUT2D eigenvalue weighted by Gasteiger charge is -2.07. The molecule has 1 aromatic heterocycles. The molecule has 6 heteroatoms. The Hall–Kier alpha value is -2.34. The Kier molecular flexibility index (Phi) is 3.76. The lowest BCUT2D eigenvalue weighted by molar-refractivity contribution is 0.0698. The van der Waals surface area contributed by atoms with E-state index in [9.17, 15) is 14.7 Å². The minimum Gasteiger partial charge on any atom is -0.507 e. The number of aromatic hydroxyl groups is 1. The van der Waals surface area contributed by atoms with Gasteiger partial charge in [-0.25, -0.2) is 4.79 Å². The number of rotatable bonds is 3. The third kappa shape index (κ3) is 2.80. The molecule has 0 bridgehead atoms. The number of hydrogen-bond donors (Lipinski definition) is 3. The Labute approximate surface area is 119 Å². The molecule has 1 heterocycles. The van der Waals surface area contributed by atoms with Gasteiger partial charge in [-0.2, -0.15) is 0 Å². The highest BCUT2D eigenvalue weighted by atomic mass is 32.1. The van der Waals surface area contributed by atoms with Crippen molar-refractivity contribution in [2.45, 2.75) is 13.8 Å². The third-order valence-electron chi connectivity index (χ3n) is 2.71. The molecule has 0 saturated heterocycles. The van der Waals surface area contributed by atoms with Crippen LogP contribution in [0.15, 0.2) is 24.3 Å². The third-order valence-corrected chi connectivity index (χ3v) is 3.68. The predicted octanol–water partition coefficient (Wildman–Crippen LogP) is 3.02. The van der Waals surface area contributed by atoms with Crippen LogP contribution in [0.4, 0.5) is 5.00 Å². The number of anilines is 1. The van der Waals surface area contributed by atoms with E-state index in [1.807, 2.05) is 0 Å². The van der Waals surface area contributed by atoms with Gasteiger partial charge in [0.25, 0.3) is 5.91 Å². The number of aromatic carboxylic acids is 1. The molecule has 0 spiro atoms. The summed E-state index contributed by atoms with van der Waals surface area (Å²) in [5.41, 5.74) is 0.995. The first-order chi connectivity index (χ1) is 9.38. The van der Waals surface area contributed by atoms with E-state index < -0.39 is 11.9 Å². The molecular weight excluding hydrogens is 278 g/mol. The van der Waals surface area contributed by atoms with Gasteiger partial charge in [0, 0.05) is 4.88 Å². The molecule has 2 aromatic rings. The number of thiophene rings is 1. The first-order valence-corrected chi connectivity index (χ1v) is 6.65. The fourth-order valence-electron chi connectivity index (χ4n) is 1.77. The lowest BCUT2D eigenvalue weighted by atomic mass is 10.1. The van der Waals surface area contributed by atoms with E-state index >= 15 is 0 Å². The van der Waals surface area contributed by atoms with Gasteiger partial charge >= 0.3 is 5.97 Å². The minimum absolute atomic E-state index is 0.0491. The van der Waals surface area contributed by atoms with E-state index in [1.54, 1.807) is 26.0 Å². The smallest absolute Gasteiger partial charge is 0.338 e. The second kappa shape index (κ2) is 5.34. The highest BCUT2D eigenvalue weighted by molar-refractivity contribution is 7.16. The molecule has 0 aliphatic carbocycles. The molecular formula is C14H13NO4S. The summed E-state index contributed by atoms with van der Waals surface area (Å²) in [6.07, 6.45) is 0. The van der Waals surface area contributed by atoms with Crippen molar-refractivity contribution in [2.24, 2.45) is 0 Å². The summed E-state index contributed by atoms with van der Waals surface area (Å²) in [7, 11) is 0. The van der Waals surface area contributed by atoms with Gasteiger partial charge in [-0.05, 0) is 32.0 Å². The number of carbonyl (C=O) groups is 2. The van der Waals surface area contributed by atoms with E-state index in [0.29, 0.717) is 0 Å². The van der Waals surface area contributed by atoms with Crippen molar-refractivity contribution >= 4 is 28.2 Å². The number of phenolic OH excluding ortho intramolecular Hbond substituents is 1. The van der Waals surface area contributed by atoms with Crippen LogP contribution in [0.25, 0.3) is 0 Å². The second-order valence-electron chi connectivity index (χ2n) is 4.38. The van der Waals surface area contributed by atoms with E-state index in [0.717, 1.165) is 10.4 Å². The van der Waals surface area contributed by atoms with Crippen LogP contribution in [0.5, 0.6) is 5.75 Å². The molecule has 0 unspecified atom stereocenters. The van der Waals surface area contributed by atoms with Gasteiger partial charge < -0.3 is 15.5 Å². The molecule has 1 amide bonds. The largest absolute Gasteiger partial charge is 0.507 e. The average molecular weight is 291 g/mol. The molecule has 0 radical (unpaired) electrons. The van der Waals surface area contributed by atoms with Crippen LogP contribution in [0.1, 0.15) is 31.2 Å². The summed E-state index contributed by atoms with van der Waals surface area (Å²) in [6.45, 7) is 3.56. The topological polar surface area (TPSA) is 86.6 Å². The van der Waals surface area contributed by atoms with Crippen molar-refractivity contribution in [2.75, 3.05) is 5.32 Å². The quantitative estimate of drug-likeness (QED) is 0.811. The molecule has 0 aliphatic heterocycles. The molecule has 2 rings (SSSR count). The predicted molar refractivity (Wildman–Crippen MR) is 76.8 cm³/mol. The zero-order valence-corrected chi connectivity index (χ0v) is 11.7. The summed E-state index contributed by atoms with van der Waals surface area (Å²) >= 11 is 1.18. The van der Waals surface area contributed by atoms with Gasteiger partial charge in [-0.3, -0.25) is 4.79 Å². The maximum absolute atomic E-state index is 12.1. The molecule has 0 saturated carbocycles. The summed E-state index contributed by atoms with van der Waals surface area (Å²) in [4.78, 5) is 24.0. The van der Waals surface area contributed by atoms with Crippen molar-refractivity contribution < 1.29 is 19.8 Å². The van der Waals surface area contributed by atoms with Crippen LogP contribution < -0.4 is 5.32 Å². The Balaban J connectivity index is 2.32.